The Kier molecular flexibility index (Phi) is 7.82. The lowest BCUT2D eigenvalue weighted by Gasteiger charge is -2.20. The van der Waals surface area contributed by atoms with Crippen LogP contribution in [-0.2, 0) is 11.2 Å². The van der Waals surface area contributed by atoms with E-state index in [-0.39, 0.29) is 11.3 Å². The Bertz CT molecular complexity index is 1460. The lowest BCUT2D eigenvalue weighted by Crippen LogP contribution is -2.26. The second-order valence-electron chi connectivity index (χ2n) is 8.59. The predicted molar refractivity (Wildman–Crippen MR) is 145 cm³/mol. The Morgan fingerprint density at radius 2 is 1.46 bits per heavy atom. The van der Waals surface area contributed by atoms with Crippen LogP contribution in [-0.4, -0.2) is 39.0 Å². The van der Waals surface area contributed by atoms with Crippen molar-refractivity contribution in [1.29, 1.82) is 0 Å². The van der Waals surface area contributed by atoms with Gasteiger partial charge in [0.05, 0.1) is 28.4 Å². The highest BCUT2D eigenvalue weighted by molar-refractivity contribution is 6.07. The summed E-state index contributed by atoms with van der Waals surface area (Å²) in [6, 6.07) is 18.5. The molecule has 0 saturated heterocycles. The van der Waals surface area contributed by atoms with E-state index in [2.05, 4.69) is 6.92 Å². The molecule has 3 aromatic carbocycles. The molecule has 0 N–H and O–H groups in total. The third-order valence-corrected chi connectivity index (χ3v) is 6.44. The topological polar surface area (TPSA) is 76.0 Å². The van der Waals surface area contributed by atoms with Crippen molar-refractivity contribution in [3.63, 3.8) is 0 Å². The number of benzene rings is 3. The predicted octanol–water partition coefficient (Wildman–Crippen LogP) is 5.81. The Morgan fingerprint density at radius 3 is 2.00 bits per heavy atom. The van der Waals surface area contributed by atoms with E-state index in [1.165, 1.54) is 38.6 Å². The number of rotatable bonds is 9. The van der Waals surface area contributed by atoms with Crippen molar-refractivity contribution < 1.29 is 23.7 Å². The van der Waals surface area contributed by atoms with Crippen molar-refractivity contribution in [2.45, 2.75) is 26.2 Å². The lowest BCUT2D eigenvalue weighted by atomic mass is 9.95. The zero-order valence-electron chi connectivity index (χ0n) is 21.8. The normalized spacial score (nSPS) is 10.8. The molecular formula is C30H31NO6. The van der Waals surface area contributed by atoms with Crippen molar-refractivity contribution in [2.75, 3.05) is 28.4 Å². The smallest absolute Gasteiger partial charge is 0.355 e. The second kappa shape index (κ2) is 11.2. The average Bonchev–Trinajstić information content (AvgIpc) is 2.95. The number of aromatic nitrogens is 1. The fraction of sp³-hybridized carbons (Fsp3) is 0.267. The van der Waals surface area contributed by atoms with Crippen LogP contribution in [0.25, 0.3) is 27.6 Å². The maximum absolute atomic E-state index is 13.8. The molecular weight excluding hydrogens is 470 g/mol. The fourth-order valence-electron chi connectivity index (χ4n) is 4.60. The van der Waals surface area contributed by atoms with E-state index in [4.69, 9.17) is 18.9 Å². The van der Waals surface area contributed by atoms with Gasteiger partial charge in [0.1, 0.15) is 5.69 Å². The van der Waals surface area contributed by atoms with Crippen LogP contribution in [0.1, 0.15) is 35.8 Å². The molecule has 4 aromatic rings. The average molecular weight is 502 g/mol. The van der Waals surface area contributed by atoms with Gasteiger partial charge in [0.15, 0.2) is 11.5 Å². The molecule has 0 saturated carbocycles. The van der Waals surface area contributed by atoms with E-state index in [1.54, 1.807) is 24.3 Å². The summed E-state index contributed by atoms with van der Waals surface area (Å²) in [6.07, 6.45) is 3.12. The summed E-state index contributed by atoms with van der Waals surface area (Å²) < 4.78 is 23.3. The van der Waals surface area contributed by atoms with Gasteiger partial charge in [0.25, 0.3) is 5.56 Å². The SMILES string of the molecule is CCCCc1ccc(-n2c(C(=O)OC)c(-c3cc(OC)c(OC)c(OC)c3)c3ccccc3c2=O)cc1. The van der Waals surface area contributed by atoms with Crippen LogP contribution >= 0.6 is 0 Å². The van der Waals surface area contributed by atoms with Crippen LogP contribution in [0.15, 0.2) is 65.5 Å². The van der Waals surface area contributed by atoms with Gasteiger partial charge in [-0.15, -0.1) is 0 Å². The van der Waals surface area contributed by atoms with Crippen molar-refractivity contribution in [1.82, 2.24) is 4.57 Å². The zero-order chi connectivity index (χ0) is 26.5. The number of fused-ring (bicyclic) bond motifs is 1. The van der Waals surface area contributed by atoms with Crippen LogP contribution in [0, 0.1) is 0 Å². The summed E-state index contributed by atoms with van der Waals surface area (Å²) in [5, 5.41) is 1.08. The maximum atomic E-state index is 13.8. The van der Waals surface area contributed by atoms with Gasteiger partial charge >= 0.3 is 5.97 Å². The number of carbonyl (C=O) groups is 1. The van der Waals surface area contributed by atoms with Gasteiger partial charge in [0, 0.05) is 16.6 Å². The molecule has 0 unspecified atom stereocenters. The lowest BCUT2D eigenvalue weighted by molar-refractivity contribution is 0.0591. The first kappa shape index (κ1) is 25.8. The highest BCUT2D eigenvalue weighted by Crippen LogP contribution is 2.43. The number of ether oxygens (including phenoxy) is 4. The van der Waals surface area contributed by atoms with Crippen molar-refractivity contribution in [3.05, 3.63) is 82.3 Å². The molecule has 0 radical (unpaired) electrons. The van der Waals surface area contributed by atoms with Gasteiger partial charge in [-0.25, -0.2) is 4.79 Å². The molecule has 0 fully saturated rings. The molecule has 0 spiro atoms. The first-order valence-electron chi connectivity index (χ1n) is 12.1. The van der Waals surface area contributed by atoms with Gasteiger partial charge in [-0.1, -0.05) is 43.7 Å². The highest BCUT2D eigenvalue weighted by Gasteiger charge is 2.26. The Morgan fingerprint density at radius 1 is 0.838 bits per heavy atom. The van der Waals surface area contributed by atoms with Crippen molar-refractivity contribution in [2.24, 2.45) is 0 Å². The third-order valence-electron chi connectivity index (χ3n) is 6.44. The Balaban J connectivity index is 2.12. The molecule has 7 nitrogen and oxygen atoms in total. The second-order valence-corrected chi connectivity index (χ2v) is 8.59. The number of carbonyl (C=O) groups excluding carboxylic acids is 1. The number of methoxy groups -OCH3 is 4. The number of hydrogen-bond acceptors (Lipinski definition) is 6. The van der Waals surface area contributed by atoms with Gasteiger partial charge in [0.2, 0.25) is 5.75 Å². The standard InChI is InChI=1S/C30H31NO6/c1-6-7-10-19-13-15-21(16-14-19)31-27(30(33)37-5)26(22-11-8-9-12-23(22)29(31)32)20-17-24(34-2)28(36-4)25(18-20)35-3/h8-9,11-18H,6-7,10H2,1-5H3. The van der Waals surface area contributed by atoms with Crippen molar-refractivity contribution in [3.8, 4) is 34.1 Å². The molecule has 1 aromatic heterocycles. The van der Waals surface area contributed by atoms with Gasteiger partial charge in [-0.05, 0) is 59.7 Å². The molecule has 0 aliphatic carbocycles. The van der Waals surface area contributed by atoms with Gasteiger partial charge in [-0.3, -0.25) is 9.36 Å². The summed E-state index contributed by atoms with van der Waals surface area (Å²) in [5.41, 5.74) is 2.68. The minimum atomic E-state index is -0.637. The molecule has 4 rings (SSSR count). The molecule has 37 heavy (non-hydrogen) atoms. The monoisotopic (exact) mass is 501 g/mol. The van der Waals surface area contributed by atoms with E-state index in [0.29, 0.717) is 44.8 Å². The molecule has 0 bridgehead atoms. The van der Waals surface area contributed by atoms with Crippen LogP contribution in [0.2, 0.25) is 0 Å². The minimum absolute atomic E-state index is 0.113. The van der Waals surface area contributed by atoms with Gasteiger partial charge < -0.3 is 18.9 Å². The molecule has 0 aliphatic rings. The molecule has 192 valence electrons. The number of nitrogens with zero attached hydrogens (tertiary/aromatic N) is 1. The number of hydrogen-bond donors (Lipinski definition) is 0. The minimum Gasteiger partial charge on any atom is -0.493 e. The van der Waals surface area contributed by atoms with Crippen LogP contribution in [0.4, 0.5) is 0 Å². The van der Waals surface area contributed by atoms with Crippen molar-refractivity contribution >= 4 is 16.7 Å². The van der Waals surface area contributed by atoms with E-state index in [9.17, 15) is 9.59 Å². The Labute approximate surface area is 216 Å². The molecule has 7 heteroatoms. The number of aryl methyl sites for hydroxylation is 1. The van der Waals surface area contributed by atoms with E-state index in [1.807, 2.05) is 36.4 Å². The first-order valence-corrected chi connectivity index (χ1v) is 12.1. The molecule has 0 amide bonds. The van der Waals surface area contributed by atoms with E-state index in [0.717, 1.165) is 19.3 Å². The largest absolute Gasteiger partial charge is 0.493 e. The number of esters is 1. The molecule has 0 atom stereocenters. The van der Waals surface area contributed by atoms with E-state index < -0.39 is 5.97 Å². The number of unbranched alkanes of at least 4 members (excludes halogenated alkanes) is 1. The first-order chi connectivity index (χ1) is 18.0. The summed E-state index contributed by atoms with van der Waals surface area (Å²) in [6.45, 7) is 2.15. The summed E-state index contributed by atoms with van der Waals surface area (Å²) >= 11 is 0. The van der Waals surface area contributed by atoms with Gasteiger partial charge in [-0.2, -0.15) is 0 Å². The molecule has 0 aliphatic heterocycles. The van der Waals surface area contributed by atoms with E-state index >= 15 is 0 Å². The Hall–Kier alpha value is -4.26. The summed E-state index contributed by atoms with van der Waals surface area (Å²) in [4.78, 5) is 27.2. The summed E-state index contributed by atoms with van der Waals surface area (Å²) in [7, 11) is 5.89. The quantitative estimate of drug-likeness (QED) is 0.269. The maximum Gasteiger partial charge on any atom is 0.355 e. The number of pyridine rings is 1. The summed E-state index contributed by atoms with van der Waals surface area (Å²) in [5.74, 6) is 0.639. The molecule has 1 heterocycles. The third kappa shape index (κ3) is 4.77. The van der Waals surface area contributed by atoms with Crippen LogP contribution in [0.3, 0.4) is 0 Å². The zero-order valence-corrected chi connectivity index (χ0v) is 21.8. The highest BCUT2D eigenvalue weighted by atomic mass is 16.5. The van der Waals surface area contributed by atoms with Crippen LogP contribution < -0.4 is 19.8 Å². The fourth-order valence-corrected chi connectivity index (χ4v) is 4.60. The van der Waals surface area contributed by atoms with Crippen LogP contribution in [0.5, 0.6) is 17.2 Å².